The van der Waals surface area contributed by atoms with Crippen LogP contribution in [0.5, 0.6) is 0 Å². The smallest absolute Gasteiger partial charge is 0.317 e. The van der Waals surface area contributed by atoms with Crippen LogP contribution in [0.1, 0.15) is 51.9 Å². The van der Waals surface area contributed by atoms with Gasteiger partial charge in [0.1, 0.15) is 12.4 Å². The number of unbranched alkanes of at least 4 members (excludes halogenated alkanes) is 3. The van der Waals surface area contributed by atoms with Gasteiger partial charge >= 0.3 is 12.0 Å². The van der Waals surface area contributed by atoms with Crippen LogP contribution in [0.25, 0.3) is 0 Å². The Morgan fingerprint density at radius 1 is 1.13 bits per heavy atom. The number of amides is 2. The normalized spacial score (nSPS) is 16.8. The lowest BCUT2D eigenvalue weighted by Gasteiger charge is -2.35. The van der Waals surface area contributed by atoms with E-state index in [1.165, 1.54) is 0 Å². The number of ether oxygens (including phenoxy) is 1. The number of urea groups is 1. The molecular weight excluding hydrogens is 380 g/mol. The highest BCUT2D eigenvalue weighted by Gasteiger charge is 2.21. The fourth-order valence-electron chi connectivity index (χ4n) is 3.51. The molecule has 2 aliphatic rings. The molecule has 166 valence electrons. The molecule has 1 N–H and O–H groups in total. The lowest BCUT2D eigenvalue weighted by Crippen LogP contribution is -2.52. The van der Waals surface area contributed by atoms with E-state index in [1.807, 2.05) is 17.9 Å². The van der Waals surface area contributed by atoms with E-state index >= 15 is 0 Å². The number of hydrogen-bond acceptors (Lipinski definition) is 4. The largest absolute Gasteiger partial charge is 0.461 e. The zero-order chi connectivity index (χ0) is 21.6. The lowest BCUT2D eigenvalue weighted by molar-refractivity contribution is -0.142. The Kier molecular flexibility index (Phi) is 10.8. The van der Waals surface area contributed by atoms with Crippen LogP contribution in [0.15, 0.2) is 41.6 Å². The molecule has 0 aromatic rings. The summed E-state index contributed by atoms with van der Waals surface area (Å²) >= 11 is 0. The molecule has 0 bridgehead atoms. The van der Waals surface area contributed by atoms with E-state index in [0.717, 1.165) is 63.0 Å². The van der Waals surface area contributed by atoms with Crippen LogP contribution in [0, 0.1) is 0 Å². The van der Waals surface area contributed by atoms with Gasteiger partial charge in [-0.15, -0.1) is 0 Å². The topological polar surface area (TPSA) is 74.2 Å². The summed E-state index contributed by atoms with van der Waals surface area (Å²) in [6.07, 6.45) is 14.1. The van der Waals surface area contributed by atoms with E-state index in [2.05, 4.69) is 33.9 Å². The summed E-state index contributed by atoms with van der Waals surface area (Å²) < 4.78 is 5.31. The van der Waals surface area contributed by atoms with E-state index < -0.39 is 0 Å². The number of rotatable bonds is 10. The average Bonchev–Trinajstić information content (AvgIpc) is 2.78. The van der Waals surface area contributed by atoms with Gasteiger partial charge in [-0.3, -0.25) is 4.79 Å². The molecule has 0 aromatic carbocycles. The van der Waals surface area contributed by atoms with Crippen molar-refractivity contribution in [3.8, 4) is 0 Å². The predicted octanol–water partition coefficient (Wildman–Crippen LogP) is 3.65. The molecular formula is C23H36N4O3. The van der Waals surface area contributed by atoms with E-state index in [-0.39, 0.29) is 12.0 Å². The summed E-state index contributed by atoms with van der Waals surface area (Å²) in [7, 11) is 0. The molecule has 1 aliphatic heterocycles. The Balaban J connectivity index is 1.46. The Hall–Kier alpha value is -2.57. The third-order valence-corrected chi connectivity index (χ3v) is 5.36. The van der Waals surface area contributed by atoms with Crippen molar-refractivity contribution in [2.75, 3.05) is 39.3 Å². The highest BCUT2D eigenvalue weighted by atomic mass is 16.5. The van der Waals surface area contributed by atoms with Crippen molar-refractivity contribution < 1.29 is 14.3 Å². The van der Waals surface area contributed by atoms with Crippen LogP contribution in [0.4, 0.5) is 4.79 Å². The van der Waals surface area contributed by atoms with Crippen molar-refractivity contribution in [1.82, 2.24) is 15.1 Å². The molecule has 0 aromatic heterocycles. The standard InChI is InChI=1S/C23H36N4O3/c1-3-24-20(2)26-15-17-27(18-16-26)23(29)25-14-10-5-4-9-13-22(28)30-19-21-11-7-6-8-12-21/h3,7,11-12H,1,4-6,8-10,13-19H2,2H3,(H,25,29). The molecule has 7 nitrogen and oxygen atoms in total. The first-order chi connectivity index (χ1) is 14.6. The third kappa shape index (κ3) is 8.84. The van der Waals surface area contributed by atoms with Crippen LogP contribution in [-0.2, 0) is 9.53 Å². The van der Waals surface area contributed by atoms with Gasteiger partial charge < -0.3 is 19.9 Å². The molecule has 7 heteroatoms. The number of piperazine rings is 1. The number of nitrogens with one attached hydrogen (secondary N) is 1. The Bertz CT molecular complexity index is 661. The van der Waals surface area contributed by atoms with E-state index in [1.54, 1.807) is 6.20 Å². The second kappa shape index (κ2) is 13.6. The molecule has 0 unspecified atom stereocenters. The maximum atomic E-state index is 12.3. The van der Waals surface area contributed by atoms with Crippen LogP contribution < -0.4 is 5.32 Å². The van der Waals surface area contributed by atoms with Crippen molar-refractivity contribution in [1.29, 1.82) is 0 Å². The van der Waals surface area contributed by atoms with Gasteiger partial charge in [0, 0.05) is 45.3 Å². The molecule has 1 aliphatic carbocycles. The number of amidine groups is 1. The molecule has 1 saturated heterocycles. The summed E-state index contributed by atoms with van der Waals surface area (Å²) in [5, 5.41) is 3.00. The fourth-order valence-corrected chi connectivity index (χ4v) is 3.51. The number of carbonyl (C=O) groups is 2. The minimum Gasteiger partial charge on any atom is -0.461 e. The summed E-state index contributed by atoms with van der Waals surface area (Å²) in [6, 6.07) is 0.00241. The van der Waals surface area contributed by atoms with Crippen molar-refractivity contribution in [3.63, 3.8) is 0 Å². The van der Waals surface area contributed by atoms with Crippen molar-refractivity contribution >= 4 is 17.8 Å². The van der Waals surface area contributed by atoms with E-state index in [0.29, 0.717) is 32.7 Å². The summed E-state index contributed by atoms with van der Waals surface area (Å²) in [4.78, 5) is 32.3. The van der Waals surface area contributed by atoms with Crippen LogP contribution >= 0.6 is 0 Å². The van der Waals surface area contributed by atoms with Crippen molar-refractivity contribution in [3.05, 3.63) is 36.6 Å². The molecule has 0 spiro atoms. The second-order valence-corrected chi connectivity index (χ2v) is 7.65. The molecule has 30 heavy (non-hydrogen) atoms. The van der Waals surface area contributed by atoms with Gasteiger partial charge in [0.2, 0.25) is 0 Å². The molecule has 1 fully saturated rings. The van der Waals surface area contributed by atoms with Gasteiger partial charge in [-0.25, -0.2) is 9.79 Å². The number of esters is 1. The fraction of sp³-hybridized carbons (Fsp3) is 0.609. The number of aliphatic imine (C=N–C) groups is 1. The zero-order valence-corrected chi connectivity index (χ0v) is 18.3. The monoisotopic (exact) mass is 416 g/mol. The molecule has 1 heterocycles. The Morgan fingerprint density at radius 3 is 2.57 bits per heavy atom. The van der Waals surface area contributed by atoms with Crippen LogP contribution in [0.3, 0.4) is 0 Å². The summed E-state index contributed by atoms with van der Waals surface area (Å²) in [6.45, 7) is 9.61. The Labute approximate surface area is 180 Å². The van der Waals surface area contributed by atoms with Gasteiger partial charge in [0.05, 0.1) is 0 Å². The molecule has 0 saturated carbocycles. The highest BCUT2D eigenvalue weighted by Crippen LogP contribution is 2.11. The predicted molar refractivity (Wildman–Crippen MR) is 120 cm³/mol. The maximum absolute atomic E-state index is 12.3. The first-order valence-corrected chi connectivity index (χ1v) is 11.0. The zero-order valence-electron chi connectivity index (χ0n) is 18.3. The lowest BCUT2D eigenvalue weighted by atomic mass is 10.1. The maximum Gasteiger partial charge on any atom is 0.317 e. The minimum atomic E-state index is -0.129. The number of carbonyl (C=O) groups excluding carboxylic acids is 2. The number of nitrogens with zero attached hydrogens (tertiary/aromatic N) is 3. The SMILES string of the molecule is C=CN=C(C)N1CCN(C(=O)NCCCCCCC(=O)OCC2=CCCC=C2)CC1. The van der Waals surface area contributed by atoms with E-state index in [4.69, 9.17) is 4.74 Å². The van der Waals surface area contributed by atoms with E-state index in [9.17, 15) is 9.59 Å². The summed E-state index contributed by atoms with van der Waals surface area (Å²) in [5.41, 5.74) is 1.09. The Morgan fingerprint density at radius 2 is 1.87 bits per heavy atom. The average molecular weight is 417 g/mol. The molecule has 2 rings (SSSR count). The van der Waals surface area contributed by atoms with Crippen molar-refractivity contribution in [2.45, 2.75) is 51.9 Å². The third-order valence-electron chi connectivity index (χ3n) is 5.36. The summed E-state index contributed by atoms with van der Waals surface area (Å²) in [5.74, 6) is 0.813. The number of hydrogen-bond donors (Lipinski definition) is 1. The van der Waals surface area contributed by atoms with Gasteiger partial charge in [-0.2, -0.15) is 0 Å². The van der Waals surface area contributed by atoms with Gasteiger partial charge in [-0.05, 0) is 38.2 Å². The second-order valence-electron chi connectivity index (χ2n) is 7.65. The highest BCUT2D eigenvalue weighted by molar-refractivity contribution is 5.81. The number of allylic oxidation sites excluding steroid dienone is 2. The molecule has 0 radical (unpaired) electrons. The quantitative estimate of drug-likeness (QED) is 0.255. The van der Waals surface area contributed by atoms with Crippen LogP contribution in [0.2, 0.25) is 0 Å². The minimum absolute atomic E-state index is 0.00241. The van der Waals surface area contributed by atoms with Crippen molar-refractivity contribution in [2.24, 2.45) is 4.99 Å². The molecule has 2 amide bonds. The van der Waals surface area contributed by atoms with Gasteiger partial charge in [-0.1, -0.05) is 37.6 Å². The van der Waals surface area contributed by atoms with Crippen LogP contribution in [-0.4, -0.2) is 67.0 Å². The molecule has 0 atom stereocenters. The first kappa shape index (κ1) is 23.7. The van der Waals surface area contributed by atoms with Gasteiger partial charge in [0.25, 0.3) is 0 Å². The first-order valence-electron chi connectivity index (χ1n) is 11.0. The van der Waals surface area contributed by atoms with Gasteiger partial charge in [0.15, 0.2) is 0 Å².